The van der Waals surface area contributed by atoms with E-state index in [-0.39, 0.29) is 16.7 Å². The highest BCUT2D eigenvalue weighted by Gasteiger charge is 2.37. The third kappa shape index (κ3) is 2.18. The molecule has 0 aliphatic rings. The Labute approximate surface area is 121 Å². The predicted octanol–water partition coefficient (Wildman–Crippen LogP) is 3.16. The third-order valence-electron chi connectivity index (χ3n) is 3.09. The summed E-state index contributed by atoms with van der Waals surface area (Å²) in [6, 6.07) is 7.57. The maximum absolute atomic E-state index is 12.9. The van der Waals surface area contributed by atoms with E-state index in [1.54, 1.807) is 6.07 Å². The quantitative estimate of drug-likeness (QED) is 0.535. The minimum absolute atomic E-state index is 0.0152. The molecule has 2 aromatic heterocycles. The predicted molar refractivity (Wildman–Crippen MR) is 72.5 cm³/mol. The smallest absolute Gasteiger partial charge is 0.449 e. The van der Waals surface area contributed by atoms with Crippen molar-refractivity contribution in [2.75, 3.05) is 0 Å². The average Bonchev–Trinajstić information content (AvgIpc) is 2.99. The van der Waals surface area contributed by atoms with Crippen molar-refractivity contribution in [1.29, 1.82) is 10.8 Å². The number of rotatable bonds is 1. The second-order valence-corrected chi connectivity index (χ2v) is 4.49. The number of halogens is 3. The number of nitrogens with zero attached hydrogens (tertiary/aromatic N) is 2. The molecule has 0 radical (unpaired) electrons. The molecule has 0 saturated carbocycles. The number of nitrogens with one attached hydrogen (secondary N) is 2. The Bertz CT molecular complexity index is 910. The largest absolute Gasteiger partial charge is 0.472 e. The van der Waals surface area contributed by atoms with Gasteiger partial charge in [0.1, 0.15) is 5.69 Å². The summed E-state index contributed by atoms with van der Waals surface area (Å²) in [4.78, 5) is 4.21. The van der Waals surface area contributed by atoms with Crippen LogP contribution >= 0.6 is 0 Å². The average molecular weight is 306 g/mol. The molecule has 2 N–H and O–H groups in total. The number of hydrogen-bond acceptors (Lipinski definition) is 4. The standard InChI is InChI=1S/C14H9F3N4O/c15-14(16,17)13(19)21-10-4-2-1-3-9(10)20-11(12(21)18)8-5-6-22-7-8/h1-7,18-19H. The summed E-state index contributed by atoms with van der Waals surface area (Å²) in [5.41, 5.74) is 0.161. The molecule has 3 aromatic rings. The fraction of sp³-hybridized carbons (Fsp3) is 0.0714. The van der Waals surface area contributed by atoms with Gasteiger partial charge in [-0.15, -0.1) is 0 Å². The lowest BCUT2D eigenvalue weighted by Gasteiger charge is -2.15. The summed E-state index contributed by atoms with van der Waals surface area (Å²) in [5.74, 6) is -1.64. The number of alkyl halides is 3. The normalized spacial score (nSPS) is 11.8. The Morgan fingerprint density at radius 2 is 1.91 bits per heavy atom. The van der Waals surface area contributed by atoms with E-state index in [1.165, 1.54) is 36.8 Å². The Morgan fingerprint density at radius 3 is 2.55 bits per heavy atom. The first kappa shape index (κ1) is 14.1. The molecule has 0 unspecified atom stereocenters. The summed E-state index contributed by atoms with van der Waals surface area (Å²) < 4.78 is 44.3. The van der Waals surface area contributed by atoms with Gasteiger partial charge in [-0.2, -0.15) is 13.2 Å². The van der Waals surface area contributed by atoms with Gasteiger partial charge < -0.3 is 4.42 Å². The summed E-state index contributed by atoms with van der Waals surface area (Å²) in [6.07, 6.45) is -2.25. The van der Waals surface area contributed by atoms with Gasteiger partial charge in [0.2, 0.25) is 5.84 Å². The van der Waals surface area contributed by atoms with Crippen LogP contribution in [0.1, 0.15) is 0 Å². The first-order chi connectivity index (χ1) is 10.4. The van der Waals surface area contributed by atoms with Crippen LogP contribution < -0.4 is 5.49 Å². The molecule has 5 nitrogen and oxygen atoms in total. The molecule has 22 heavy (non-hydrogen) atoms. The highest BCUT2D eigenvalue weighted by atomic mass is 19.4. The number of furan rings is 1. The Kier molecular flexibility index (Phi) is 3.09. The first-order valence-electron chi connectivity index (χ1n) is 6.14. The van der Waals surface area contributed by atoms with Crippen LogP contribution in [0.2, 0.25) is 0 Å². The summed E-state index contributed by atoms with van der Waals surface area (Å²) >= 11 is 0. The maximum Gasteiger partial charge on any atom is 0.449 e. The van der Waals surface area contributed by atoms with Gasteiger partial charge in [-0.1, -0.05) is 12.1 Å². The van der Waals surface area contributed by atoms with E-state index in [2.05, 4.69) is 4.98 Å². The van der Waals surface area contributed by atoms with Gasteiger partial charge in [0, 0.05) is 5.56 Å². The van der Waals surface area contributed by atoms with Gasteiger partial charge in [-0.3, -0.25) is 15.4 Å². The molecule has 0 fully saturated rings. The van der Waals surface area contributed by atoms with Crippen LogP contribution in [0.15, 0.2) is 47.3 Å². The maximum atomic E-state index is 12.9. The van der Waals surface area contributed by atoms with Crippen LogP contribution in [0.5, 0.6) is 0 Å². The molecule has 2 heterocycles. The highest BCUT2D eigenvalue weighted by Crippen LogP contribution is 2.22. The van der Waals surface area contributed by atoms with Crippen LogP contribution in [0.3, 0.4) is 0 Å². The second-order valence-electron chi connectivity index (χ2n) is 4.49. The summed E-state index contributed by atoms with van der Waals surface area (Å²) in [6.45, 7) is 0. The number of para-hydroxylation sites is 2. The number of benzene rings is 1. The van der Waals surface area contributed by atoms with E-state index in [0.717, 1.165) is 0 Å². The van der Waals surface area contributed by atoms with E-state index in [4.69, 9.17) is 15.2 Å². The van der Waals surface area contributed by atoms with E-state index in [1.807, 2.05) is 0 Å². The van der Waals surface area contributed by atoms with E-state index in [0.29, 0.717) is 10.1 Å². The topological polar surface area (TPSA) is 78.7 Å². The van der Waals surface area contributed by atoms with E-state index in [9.17, 15) is 13.2 Å². The van der Waals surface area contributed by atoms with Crippen molar-refractivity contribution in [2.24, 2.45) is 0 Å². The minimum Gasteiger partial charge on any atom is -0.472 e. The van der Waals surface area contributed by atoms with Crippen LogP contribution in [-0.2, 0) is 0 Å². The van der Waals surface area contributed by atoms with Crippen molar-refractivity contribution in [3.63, 3.8) is 0 Å². The molecule has 8 heteroatoms. The van der Waals surface area contributed by atoms with Crippen molar-refractivity contribution >= 4 is 16.9 Å². The molecule has 0 atom stereocenters. The number of fused-ring (bicyclic) bond motifs is 1. The van der Waals surface area contributed by atoms with Crippen molar-refractivity contribution in [3.8, 4) is 11.3 Å². The molecule has 0 bridgehead atoms. The lowest BCUT2D eigenvalue weighted by atomic mass is 10.2. The summed E-state index contributed by atoms with van der Waals surface area (Å²) in [5, 5.41) is 15.4. The molecule has 3 rings (SSSR count). The SMILES string of the molecule is N=C(n1c(=N)c(-c2ccoc2)nc2ccccc21)C(F)(F)F. The van der Waals surface area contributed by atoms with E-state index < -0.39 is 17.5 Å². The molecular formula is C14H9F3N4O. The van der Waals surface area contributed by atoms with Gasteiger partial charge >= 0.3 is 6.18 Å². The fourth-order valence-electron chi connectivity index (χ4n) is 2.11. The zero-order chi connectivity index (χ0) is 15.9. The lowest BCUT2D eigenvalue weighted by Crippen LogP contribution is -2.38. The monoisotopic (exact) mass is 306 g/mol. The first-order valence-corrected chi connectivity index (χ1v) is 6.14. The Balaban J connectivity index is 2.41. The molecule has 0 aliphatic heterocycles. The number of hydrogen-bond donors (Lipinski definition) is 2. The minimum atomic E-state index is -4.88. The molecule has 0 saturated heterocycles. The zero-order valence-corrected chi connectivity index (χ0v) is 11.0. The Morgan fingerprint density at radius 1 is 1.18 bits per heavy atom. The van der Waals surface area contributed by atoms with Crippen molar-refractivity contribution < 1.29 is 17.6 Å². The second kappa shape index (κ2) is 4.83. The van der Waals surface area contributed by atoms with Crippen molar-refractivity contribution in [1.82, 2.24) is 9.55 Å². The van der Waals surface area contributed by atoms with Gasteiger partial charge in [0.15, 0.2) is 5.49 Å². The van der Waals surface area contributed by atoms with E-state index >= 15 is 0 Å². The van der Waals surface area contributed by atoms with Gasteiger partial charge in [-0.05, 0) is 18.2 Å². The molecule has 1 aromatic carbocycles. The molecule has 0 spiro atoms. The van der Waals surface area contributed by atoms with Crippen molar-refractivity contribution in [2.45, 2.75) is 6.18 Å². The summed E-state index contributed by atoms with van der Waals surface area (Å²) in [7, 11) is 0. The van der Waals surface area contributed by atoms with Crippen molar-refractivity contribution in [3.05, 3.63) is 48.3 Å². The Hall–Kier alpha value is -2.90. The number of aromatic nitrogens is 2. The van der Waals surface area contributed by atoms with Crippen LogP contribution in [-0.4, -0.2) is 21.6 Å². The van der Waals surface area contributed by atoms with Gasteiger partial charge in [0.25, 0.3) is 0 Å². The van der Waals surface area contributed by atoms with Crippen LogP contribution in [0.25, 0.3) is 22.3 Å². The van der Waals surface area contributed by atoms with Gasteiger partial charge in [0.05, 0.1) is 23.6 Å². The molecular weight excluding hydrogens is 297 g/mol. The van der Waals surface area contributed by atoms with Crippen LogP contribution in [0, 0.1) is 10.8 Å². The lowest BCUT2D eigenvalue weighted by molar-refractivity contribution is -0.0623. The highest BCUT2D eigenvalue weighted by molar-refractivity contribution is 5.95. The van der Waals surface area contributed by atoms with Crippen LogP contribution in [0.4, 0.5) is 13.2 Å². The fourth-order valence-corrected chi connectivity index (χ4v) is 2.11. The third-order valence-corrected chi connectivity index (χ3v) is 3.09. The van der Waals surface area contributed by atoms with Gasteiger partial charge in [-0.25, -0.2) is 4.98 Å². The zero-order valence-electron chi connectivity index (χ0n) is 11.0. The molecule has 0 amide bonds. The molecule has 112 valence electrons. The molecule has 0 aliphatic carbocycles.